The molecular formula is C17H18BrN3. The van der Waals surface area contributed by atoms with Crippen LogP contribution in [0.4, 0.5) is 0 Å². The van der Waals surface area contributed by atoms with Gasteiger partial charge in [0.1, 0.15) is 5.65 Å². The van der Waals surface area contributed by atoms with Gasteiger partial charge < -0.3 is 10.1 Å². The molecule has 0 radical (unpaired) electrons. The Bertz CT molecular complexity index is 788. The number of hydrogen-bond acceptors (Lipinski definition) is 2. The largest absolute Gasteiger partial charge is 0.330 e. The standard InChI is InChI=1S/C17H18BrN3/c1-11-3-5-13(6-4-11)17-15(7-8-19)21-10-14(18)12(2)9-16(21)20-17/h3-6,9-10H,7-8,19H2,1-2H3. The van der Waals surface area contributed by atoms with Crippen LogP contribution in [0, 0.1) is 13.8 Å². The number of pyridine rings is 1. The lowest BCUT2D eigenvalue weighted by Crippen LogP contribution is -2.06. The summed E-state index contributed by atoms with van der Waals surface area (Å²) in [4.78, 5) is 4.82. The molecule has 4 heteroatoms. The lowest BCUT2D eigenvalue weighted by atomic mass is 10.1. The number of aromatic nitrogens is 2. The molecule has 3 nitrogen and oxygen atoms in total. The molecule has 2 heterocycles. The summed E-state index contributed by atoms with van der Waals surface area (Å²) in [6.45, 7) is 4.78. The highest BCUT2D eigenvalue weighted by Gasteiger charge is 2.14. The minimum absolute atomic E-state index is 0.609. The van der Waals surface area contributed by atoms with Gasteiger partial charge in [-0.25, -0.2) is 4.98 Å². The van der Waals surface area contributed by atoms with Crippen LogP contribution in [0.3, 0.4) is 0 Å². The molecule has 21 heavy (non-hydrogen) atoms. The van der Waals surface area contributed by atoms with Crippen LogP contribution in [0.15, 0.2) is 41.0 Å². The molecule has 2 N–H and O–H groups in total. The lowest BCUT2D eigenvalue weighted by Gasteiger charge is -2.05. The van der Waals surface area contributed by atoms with Gasteiger partial charge in [-0.15, -0.1) is 0 Å². The first-order valence-corrected chi connectivity index (χ1v) is 7.83. The molecule has 2 aromatic heterocycles. The summed E-state index contributed by atoms with van der Waals surface area (Å²) in [7, 11) is 0. The van der Waals surface area contributed by atoms with Gasteiger partial charge in [0, 0.05) is 22.7 Å². The van der Waals surface area contributed by atoms with Gasteiger partial charge in [-0.3, -0.25) is 0 Å². The molecule has 0 bridgehead atoms. The second-order valence-corrected chi connectivity index (χ2v) is 6.20. The first kappa shape index (κ1) is 14.3. The molecule has 0 saturated heterocycles. The Morgan fingerprint density at radius 1 is 1.19 bits per heavy atom. The summed E-state index contributed by atoms with van der Waals surface area (Å²) >= 11 is 3.60. The van der Waals surface area contributed by atoms with Crippen molar-refractivity contribution < 1.29 is 0 Å². The van der Waals surface area contributed by atoms with Crippen molar-refractivity contribution in [2.24, 2.45) is 5.73 Å². The molecule has 0 fully saturated rings. The average Bonchev–Trinajstić information content (AvgIpc) is 2.79. The molecule has 0 saturated carbocycles. The van der Waals surface area contributed by atoms with Gasteiger partial charge in [0.15, 0.2) is 0 Å². The van der Waals surface area contributed by atoms with Gasteiger partial charge in [0.25, 0.3) is 0 Å². The first-order valence-electron chi connectivity index (χ1n) is 7.04. The Morgan fingerprint density at radius 2 is 1.90 bits per heavy atom. The molecule has 0 aliphatic rings. The van der Waals surface area contributed by atoms with Gasteiger partial charge in [0.2, 0.25) is 0 Å². The van der Waals surface area contributed by atoms with Crippen LogP contribution in [-0.4, -0.2) is 15.9 Å². The number of imidazole rings is 1. The van der Waals surface area contributed by atoms with Crippen molar-refractivity contribution in [1.29, 1.82) is 0 Å². The summed E-state index contributed by atoms with van der Waals surface area (Å²) < 4.78 is 3.22. The van der Waals surface area contributed by atoms with E-state index in [9.17, 15) is 0 Å². The van der Waals surface area contributed by atoms with Crippen LogP contribution in [0.5, 0.6) is 0 Å². The van der Waals surface area contributed by atoms with Gasteiger partial charge in [0.05, 0.1) is 11.4 Å². The molecule has 0 aliphatic heterocycles. The summed E-state index contributed by atoms with van der Waals surface area (Å²) in [5.41, 5.74) is 12.5. The van der Waals surface area contributed by atoms with Crippen molar-refractivity contribution in [3.05, 3.63) is 57.8 Å². The van der Waals surface area contributed by atoms with E-state index in [1.54, 1.807) is 0 Å². The number of rotatable bonds is 3. The van der Waals surface area contributed by atoms with Crippen LogP contribution in [-0.2, 0) is 6.42 Å². The molecule has 0 aliphatic carbocycles. The molecular weight excluding hydrogens is 326 g/mol. The van der Waals surface area contributed by atoms with Crippen LogP contribution in [0.1, 0.15) is 16.8 Å². The molecule has 1 aromatic carbocycles. The third-order valence-electron chi connectivity index (χ3n) is 3.71. The highest BCUT2D eigenvalue weighted by atomic mass is 79.9. The number of halogens is 1. The van der Waals surface area contributed by atoms with Gasteiger partial charge in [-0.1, -0.05) is 29.8 Å². The van der Waals surface area contributed by atoms with Gasteiger partial charge >= 0.3 is 0 Å². The van der Waals surface area contributed by atoms with E-state index in [4.69, 9.17) is 10.7 Å². The van der Waals surface area contributed by atoms with Crippen molar-refractivity contribution in [2.75, 3.05) is 6.54 Å². The number of benzene rings is 1. The normalized spacial score (nSPS) is 11.2. The second-order valence-electron chi connectivity index (χ2n) is 5.34. The number of aryl methyl sites for hydroxylation is 2. The minimum atomic E-state index is 0.609. The highest BCUT2D eigenvalue weighted by molar-refractivity contribution is 9.10. The van der Waals surface area contributed by atoms with E-state index in [0.29, 0.717) is 6.54 Å². The molecule has 0 spiro atoms. The maximum atomic E-state index is 5.80. The number of hydrogen-bond donors (Lipinski definition) is 1. The van der Waals surface area contributed by atoms with E-state index < -0.39 is 0 Å². The third-order valence-corrected chi connectivity index (χ3v) is 4.54. The van der Waals surface area contributed by atoms with E-state index in [1.807, 2.05) is 0 Å². The fraction of sp³-hybridized carbons (Fsp3) is 0.235. The molecule has 0 amide bonds. The fourth-order valence-electron chi connectivity index (χ4n) is 2.53. The van der Waals surface area contributed by atoms with E-state index in [0.717, 1.165) is 33.5 Å². The number of nitrogens with two attached hydrogens (primary N) is 1. The van der Waals surface area contributed by atoms with E-state index in [-0.39, 0.29) is 0 Å². The molecule has 3 rings (SSSR count). The molecule has 3 aromatic rings. The van der Waals surface area contributed by atoms with Crippen LogP contribution < -0.4 is 5.73 Å². The van der Waals surface area contributed by atoms with Gasteiger partial charge in [-0.2, -0.15) is 0 Å². The minimum Gasteiger partial charge on any atom is -0.330 e. The predicted molar refractivity (Wildman–Crippen MR) is 90.6 cm³/mol. The van der Waals surface area contributed by atoms with E-state index in [2.05, 4.69) is 70.7 Å². The summed E-state index contributed by atoms with van der Waals surface area (Å²) in [6, 6.07) is 10.6. The third kappa shape index (κ3) is 2.61. The van der Waals surface area contributed by atoms with E-state index >= 15 is 0 Å². The maximum Gasteiger partial charge on any atom is 0.137 e. The average molecular weight is 344 g/mol. The highest BCUT2D eigenvalue weighted by Crippen LogP contribution is 2.27. The zero-order valence-electron chi connectivity index (χ0n) is 12.2. The monoisotopic (exact) mass is 343 g/mol. The van der Waals surface area contributed by atoms with Crippen molar-refractivity contribution in [1.82, 2.24) is 9.38 Å². The summed E-state index contributed by atoms with van der Waals surface area (Å²) in [6.07, 6.45) is 2.89. The molecule has 108 valence electrons. The van der Waals surface area contributed by atoms with Crippen molar-refractivity contribution in [2.45, 2.75) is 20.3 Å². The quantitative estimate of drug-likeness (QED) is 0.784. The Labute approximate surface area is 132 Å². The lowest BCUT2D eigenvalue weighted by molar-refractivity contribution is 0.904. The Morgan fingerprint density at radius 3 is 2.57 bits per heavy atom. The summed E-state index contributed by atoms with van der Waals surface area (Å²) in [5, 5.41) is 0. The summed E-state index contributed by atoms with van der Waals surface area (Å²) in [5.74, 6) is 0. The Hall–Kier alpha value is -1.65. The maximum absolute atomic E-state index is 5.80. The Kier molecular flexibility index (Phi) is 3.83. The van der Waals surface area contributed by atoms with Gasteiger partial charge in [-0.05, 0) is 48.0 Å². The molecule has 0 unspecified atom stereocenters. The smallest absolute Gasteiger partial charge is 0.137 e. The van der Waals surface area contributed by atoms with Crippen molar-refractivity contribution in [3.8, 4) is 11.3 Å². The van der Waals surface area contributed by atoms with Crippen molar-refractivity contribution in [3.63, 3.8) is 0 Å². The zero-order valence-corrected chi connectivity index (χ0v) is 13.8. The van der Waals surface area contributed by atoms with Crippen LogP contribution in [0.25, 0.3) is 16.9 Å². The van der Waals surface area contributed by atoms with Crippen LogP contribution in [0.2, 0.25) is 0 Å². The number of nitrogens with zero attached hydrogens (tertiary/aromatic N) is 2. The SMILES string of the molecule is Cc1ccc(-c2nc3cc(C)c(Br)cn3c2CCN)cc1. The van der Waals surface area contributed by atoms with E-state index in [1.165, 1.54) is 11.1 Å². The topological polar surface area (TPSA) is 43.3 Å². The van der Waals surface area contributed by atoms with Crippen molar-refractivity contribution >= 4 is 21.6 Å². The fourth-order valence-corrected chi connectivity index (χ4v) is 2.85. The molecule has 0 atom stereocenters. The second kappa shape index (κ2) is 5.62. The van der Waals surface area contributed by atoms with Crippen LogP contribution >= 0.6 is 15.9 Å². The first-order chi connectivity index (χ1) is 10.1. The predicted octanol–water partition coefficient (Wildman–Crippen LogP) is 3.88. The number of fused-ring (bicyclic) bond motifs is 1. The zero-order chi connectivity index (χ0) is 15.0. The Balaban J connectivity index is 2.25.